The van der Waals surface area contributed by atoms with Gasteiger partial charge in [-0.1, -0.05) is 34.6 Å². The lowest BCUT2D eigenvalue weighted by atomic mass is 9.42. The molecule has 2 fully saturated rings. The summed E-state index contributed by atoms with van der Waals surface area (Å²) >= 11 is 0. The number of carbonyl (C=O) groups excluding carboxylic acids is 2. The molecule has 2 saturated carbocycles. The van der Waals surface area contributed by atoms with Gasteiger partial charge in [0, 0.05) is 23.8 Å². The van der Waals surface area contributed by atoms with Crippen molar-refractivity contribution in [3.05, 3.63) is 11.1 Å². The van der Waals surface area contributed by atoms with E-state index >= 15 is 0 Å². The molecule has 0 aromatic rings. The van der Waals surface area contributed by atoms with Gasteiger partial charge in [-0.3, -0.25) is 14.4 Å². The quantitative estimate of drug-likeness (QED) is 0.490. The molecule has 4 aliphatic rings. The zero-order chi connectivity index (χ0) is 25.6. The molecule has 4 N–H and O–H groups in total. The summed E-state index contributed by atoms with van der Waals surface area (Å²) in [5.41, 5.74) is -2.68. The molecule has 190 valence electrons. The zero-order valence-corrected chi connectivity index (χ0v) is 21.2. The van der Waals surface area contributed by atoms with Crippen LogP contribution in [0.4, 0.5) is 0 Å². The van der Waals surface area contributed by atoms with Crippen LogP contribution in [0.2, 0.25) is 0 Å². The van der Waals surface area contributed by atoms with Gasteiger partial charge < -0.3 is 20.4 Å². The van der Waals surface area contributed by atoms with E-state index in [1.54, 1.807) is 13.8 Å². The lowest BCUT2D eigenvalue weighted by molar-refractivity contribution is -0.159. The van der Waals surface area contributed by atoms with Crippen molar-refractivity contribution >= 4 is 17.5 Å². The summed E-state index contributed by atoms with van der Waals surface area (Å²) in [4.78, 5) is 38.9. The molecule has 0 heterocycles. The summed E-state index contributed by atoms with van der Waals surface area (Å²) in [6.45, 7) is 11.4. The first-order valence-electron chi connectivity index (χ1n) is 12.6. The number of Topliss-reactive ketones (excluding diaryl/α,β-unsaturated/α-hetero) is 2. The van der Waals surface area contributed by atoms with Crippen LogP contribution in [0.25, 0.3) is 0 Å². The summed E-state index contributed by atoms with van der Waals surface area (Å²) in [5, 5.41) is 43.0. The van der Waals surface area contributed by atoms with Crippen molar-refractivity contribution < 1.29 is 34.8 Å². The summed E-state index contributed by atoms with van der Waals surface area (Å²) in [6, 6.07) is 0. The van der Waals surface area contributed by atoms with Crippen molar-refractivity contribution in [2.75, 3.05) is 0 Å². The molecule has 7 nitrogen and oxygen atoms in total. The van der Waals surface area contributed by atoms with Gasteiger partial charge in [-0.2, -0.15) is 0 Å². The van der Waals surface area contributed by atoms with E-state index in [-0.39, 0.29) is 36.4 Å². The van der Waals surface area contributed by atoms with Crippen molar-refractivity contribution in [2.24, 2.45) is 39.4 Å². The average molecular weight is 477 g/mol. The van der Waals surface area contributed by atoms with E-state index in [0.717, 1.165) is 0 Å². The minimum atomic E-state index is -1.42. The number of ketones is 2. The van der Waals surface area contributed by atoms with E-state index in [4.69, 9.17) is 5.11 Å². The second-order valence-corrected chi connectivity index (χ2v) is 12.7. The van der Waals surface area contributed by atoms with Gasteiger partial charge in [-0.15, -0.1) is 0 Å². The van der Waals surface area contributed by atoms with Gasteiger partial charge in [0.1, 0.15) is 11.9 Å². The monoisotopic (exact) mass is 476 g/mol. The molecule has 4 aliphatic carbocycles. The average Bonchev–Trinajstić information content (AvgIpc) is 2.97. The number of carboxylic acids is 1. The highest BCUT2D eigenvalue weighted by Gasteiger charge is 2.73. The number of hydrogen-bond acceptors (Lipinski definition) is 6. The molecule has 0 aromatic heterocycles. The molecule has 0 aliphatic heterocycles. The number of aliphatic carboxylic acids is 1. The van der Waals surface area contributed by atoms with Crippen LogP contribution in [0.5, 0.6) is 0 Å². The number of aliphatic hydroxyl groups excluding tert-OH is 3. The molecular weight excluding hydrogens is 436 g/mol. The summed E-state index contributed by atoms with van der Waals surface area (Å²) in [6.07, 6.45) is -1.15. The van der Waals surface area contributed by atoms with Gasteiger partial charge >= 0.3 is 5.97 Å². The molecular formula is C27H40O7. The van der Waals surface area contributed by atoms with E-state index in [0.29, 0.717) is 36.8 Å². The zero-order valence-electron chi connectivity index (χ0n) is 21.2. The third-order valence-corrected chi connectivity index (χ3v) is 11.0. The smallest absolute Gasteiger partial charge is 0.303 e. The fourth-order valence-corrected chi connectivity index (χ4v) is 8.67. The maximum Gasteiger partial charge on any atom is 0.303 e. The van der Waals surface area contributed by atoms with Crippen LogP contribution in [0.1, 0.15) is 80.1 Å². The summed E-state index contributed by atoms with van der Waals surface area (Å²) in [5.74, 6) is -2.18. The highest BCUT2D eigenvalue weighted by Crippen LogP contribution is 2.70. The number of rotatable bonds is 4. The molecule has 0 saturated heterocycles. The van der Waals surface area contributed by atoms with Crippen molar-refractivity contribution in [1.82, 2.24) is 0 Å². The third-order valence-electron chi connectivity index (χ3n) is 11.0. The first-order valence-corrected chi connectivity index (χ1v) is 12.6. The van der Waals surface area contributed by atoms with Crippen LogP contribution in [0.15, 0.2) is 11.1 Å². The number of carbonyl (C=O) groups is 3. The predicted molar refractivity (Wildman–Crippen MR) is 125 cm³/mol. The highest BCUT2D eigenvalue weighted by molar-refractivity contribution is 6.07. The third kappa shape index (κ3) is 2.96. The van der Waals surface area contributed by atoms with Gasteiger partial charge in [0.05, 0.1) is 17.6 Å². The van der Waals surface area contributed by atoms with Gasteiger partial charge in [-0.25, -0.2) is 0 Å². The molecule has 0 spiro atoms. The largest absolute Gasteiger partial charge is 0.481 e. The Hall–Kier alpha value is -1.57. The topological polar surface area (TPSA) is 132 Å². The van der Waals surface area contributed by atoms with E-state index < -0.39 is 51.7 Å². The lowest BCUT2D eigenvalue weighted by Gasteiger charge is -2.62. The first kappa shape index (κ1) is 25.5. The maximum absolute atomic E-state index is 14.0. The Morgan fingerprint density at radius 3 is 2.29 bits per heavy atom. The van der Waals surface area contributed by atoms with Gasteiger partial charge in [0.25, 0.3) is 0 Å². The van der Waals surface area contributed by atoms with Gasteiger partial charge in [0.15, 0.2) is 5.78 Å². The van der Waals surface area contributed by atoms with E-state index in [9.17, 15) is 29.7 Å². The Morgan fingerprint density at radius 2 is 1.71 bits per heavy atom. The number of hydrogen-bond donors (Lipinski definition) is 4. The molecule has 0 unspecified atom stereocenters. The maximum atomic E-state index is 14.0. The van der Waals surface area contributed by atoms with Crippen LogP contribution in [0, 0.1) is 39.4 Å². The molecule has 0 bridgehead atoms. The Kier molecular flexibility index (Phi) is 5.79. The predicted octanol–water partition coefficient (Wildman–Crippen LogP) is 2.90. The van der Waals surface area contributed by atoms with Crippen molar-refractivity contribution in [3.63, 3.8) is 0 Å². The van der Waals surface area contributed by atoms with Crippen LogP contribution < -0.4 is 0 Å². The molecule has 7 heteroatoms. The normalized spacial score (nSPS) is 46.6. The minimum absolute atomic E-state index is 0.0452. The fraction of sp³-hybridized carbons (Fsp3) is 0.815. The summed E-state index contributed by atoms with van der Waals surface area (Å²) < 4.78 is 0. The molecule has 0 aromatic carbocycles. The Morgan fingerprint density at radius 1 is 1.09 bits per heavy atom. The molecule has 9 atom stereocenters. The van der Waals surface area contributed by atoms with Crippen molar-refractivity contribution in [3.8, 4) is 0 Å². The van der Waals surface area contributed by atoms with Crippen LogP contribution in [-0.4, -0.2) is 56.3 Å². The Bertz CT molecular complexity index is 966. The molecule has 0 amide bonds. The van der Waals surface area contributed by atoms with E-state index in [1.807, 2.05) is 27.7 Å². The second kappa shape index (κ2) is 7.71. The number of fused-ring (bicyclic) bond motifs is 4. The minimum Gasteiger partial charge on any atom is -0.481 e. The molecule has 0 radical (unpaired) electrons. The highest BCUT2D eigenvalue weighted by atomic mass is 16.4. The van der Waals surface area contributed by atoms with E-state index in [2.05, 4.69) is 0 Å². The fourth-order valence-electron chi connectivity index (χ4n) is 8.67. The Labute approximate surface area is 201 Å². The lowest BCUT2D eigenvalue weighted by Crippen LogP contribution is -2.64. The number of carboxylic acid groups (broad SMARTS) is 1. The molecule has 34 heavy (non-hydrogen) atoms. The standard InChI is InChI=1S/C27H40O7/c1-13(7-8-19(31)32)14-11-18(30)27(6)20-15(28)12-16-24(2,3)17(29)9-10-25(16,4)21(20)22(33)23(34)26(14,27)5/h13-17,23,28-29,34H,7-12H2,1-6H3,(H,31,32)/t13-,14+,15-,16-,17-,23+,25-,26-,27-/m0/s1. The number of aliphatic hydroxyl groups is 3. The summed E-state index contributed by atoms with van der Waals surface area (Å²) in [7, 11) is 0. The Balaban J connectivity index is 1.90. The first-order chi connectivity index (χ1) is 15.6. The SMILES string of the molecule is C[C@@H](CCC(=O)O)[C@H]1CC(=O)[C@@]2(C)C3=C(C(=O)[C@@H](O)[C@]12C)[C@@]1(C)CC[C@H](O)C(C)(C)[C@@H]1C[C@@H]3O. The van der Waals surface area contributed by atoms with Crippen LogP contribution >= 0.6 is 0 Å². The second-order valence-electron chi connectivity index (χ2n) is 12.7. The van der Waals surface area contributed by atoms with Crippen LogP contribution in [0.3, 0.4) is 0 Å². The van der Waals surface area contributed by atoms with Crippen molar-refractivity contribution in [2.45, 2.75) is 98.4 Å². The van der Waals surface area contributed by atoms with Crippen LogP contribution in [-0.2, 0) is 14.4 Å². The van der Waals surface area contributed by atoms with Gasteiger partial charge in [0.2, 0.25) is 0 Å². The molecule has 4 rings (SSSR count). The van der Waals surface area contributed by atoms with Gasteiger partial charge in [-0.05, 0) is 66.8 Å². The van der Waals surface area contributed by atoms with Crippen molar-refractivity contribution in [1.29, 1.82) is 0 Å². The van der Waals surface area contributed by atoms with E-state index in [1.165, 1.54) is 0 Å².